The van der Waals surface area contributed by atoms with E-state index in [2.05, 4.69) is 10.3 Å². The monoisotopic (exact) mass is 227 g/mol. The number of amides is 1. The molecule has 86 valence electrons. The SMILES string of the molecule is CONC(=O)c1ccccc1-c1ccccc1. The van der Waals surface area contributed by atoms with E-state index >= 15 is 0 Å². The first-order valence-corrected chi connectivity index (χ1v) is 5.30. The standard InChI is InChI=1S/C14H13NO2/c1-17-15-14(16)13-10-6-5-9-12(13)11-7-3-2-4-8-11/h2-10H,1H3,(H,15,16). The summed E-state index contributed by atoms with van der Waals surface area (Å²) < 4.78 is 0. The zero-order chi connectivity index (χ0) is 12.1. The van der Waals surface area contributed by atoms with Crippen molar-refractivity contribution in [3.8, 4) is 11.1 Å². The van der Waals surface area contributed by atoms with Gasteiger partial charge in [0.2, 0.25) is 0 Å². The molecular formula is C14H13NO2. The largest absolute Gasteiger partial charge is 0.277 e. The minimum atomic E-state index is -0.244. The Morgan fingerprint density at radius 1 is 1.00 bits per heavy atom. The molecular weight excluding hydrogens is 214 g/mol. The Hall–Kier alpha value is -2.13. The molecule has 17 heavy (non-hydrogen) atoms. The lowest BCUT2D eigenvalue weighted by molar-refractivity contribution is 0.0538. The Morgan fingerprint density at radius 3 is 2.35 bits per heavy atom. The molecule has 3 heteroatoms. The highest BCUT2D eigenvalue weighted by Gasteiger charge is 2.11. The van der Waals surface area contributed by atoms with Gasteiger partial charge in [-0.2, -0.15) is 0 Å². The highest BCUT2D eigenvalue weighted by molar-refractivity contribution is 6.00. The third-order valence-electron chi connectivity index (χ3n) is 2.45. The summed E-state index contributed by atoms with van der Waals surface area (Å²) in [7, 11) is 1.42. The molecule has 0 atom stereocenters. The van der Waals surface area contributed by atoms with Crippen LogP contribution in [0.1, 0.15) is 10.4 Å². The fourth-order valence-electron chi connectivity index (χ4n) is 1.70. The van der Waals surface area contributed by atoms with Crippen LogP contribution in [-0.4, -0.2) is 13.0 Å². The van der Waals surface area contributed by atoms with Crippen LogP contribution in [0.25, 0.3) is 11.1 Å². The Morgan fingerprint density at radius 2 is 1.65 bits per heavy atom. The topological polar surface area (TPSA) is 38.3 Å². The van der Waals surface area contributed by atoms with Gasteiger partial charge in [0, 0.05) is 5.56 Å². The molecule has 0 radical (unpaired) electrons. The van der Waals surface area contributed by atoms with Crippen molar-refractivity contribution in [2.45, 2.75) is 0 Å². The molecule has 0 saturated carbocycles. The van der Waals surface area contributed by atoms with Gasteiger partial charge in [0.25, 0.3) is 5.91 Å². The lowest BCUT2D eigenvalue weighted by Crippen LogP contribution is -2.22. The predicted octanol–water partition coefficient (Wildman–Crippen LogP) is 2.64. The van der Waals surface area contributed by atoms with Gasteiger partial charge in [-0.15, -0.1) is 0 Å². The van der Waals surface area contributed by atoms with Crippen LogP contribution in [0.15, 0.2) is 54.6 Å². The van der Waals surface area contributed by atoms with E-state index in [1.807, 2.05) is 48.5 Å². The summed E-state index contributed by atoms with van der Waals surface area (Å²) in [4.78, 5) is 16.5. The molecule has 1 amide bonds. The molecule has 2 aromatic carbocycles. The average molecular weight is 227 g/mol. The molecule has 0 bridgehead atoms. The molecule has 0 aliphatic heterocycles. The number of hydrogen-bond acceptors (Lipinski definition) is 2. The summed E-state index contributed by atoms with van der Waals surface area (Å²) in [6, 6.07) is 17.2. The number of hydroxylamine groups is 1. The van der Waals surface area contributed by atoms with Crippen molar-refractivity contribution < 1.29 is 9.63 Å². The second kappa shape index (κ2) is 5.27. The fourth-order valence-corrected chi connectivity index (χ4v) is 1.70. The highest BCUT2D eigenvalue weighted by Crippen LogP contribution is 2.23. The summed E-state index contributed by atoms with van der Waals surface area (Å²) in [5.74, 6) is -0.244. The quantitative estimate of drug-likeness (QED) is 0.818. The van der Waals surface area contributed by atoms with Crippen LogP contribution in [0.4, 0.5) is 0 Å². The van der Waals surface area contributed by atoms with Gasteiger partial charge in [0.15, 0.2) is 0 Å². The van der Waals surface area contributed by atoms with Crippen molar-refractivity contribution in [2.75, 3.05) is 7.11 Å². The fraction of sp³-hybridized carbons (Fsp3) is 0.0714. The summed E-state index contributed by atoms with van der Waals surface area (Å²) in [5, 5.41) is 0. The molecule has 3 nitrogen and oxygen atoms in total. The maximum atomic E-state index is 11.8. The number of nitrogens with one attached hydrogen (secondary N) is 1. The summed E-state index contributed by atoms with van der Waals surface area (Å²) in [6.07, 6.45) is 0. The van der Waals surface area contributed by atoms with Crippen LogP contribution in [0.3, 0.4) is 0 Å². The number of carbonyl (C=O) groups is 1. The molecule has 2 rings (SSSR count). The van der Waals surface area contributed by atoms with Crippen molar-refractivity contribution in [1.29, 1.82) is 0 Å². The molecule has 2 aromatic rings. The van der Waals surface area contributed by atoms with E-state index in [4.69, 9.17) is 0 Å². The van der Waals surface area contributed by atoms with Gasteiger partial charge >= 0.3 is 0 Å². The zero-order valence-corrected chi connectivity index (χ0v) is 9.51. The van der Waals surface area contributed by atoms with Gasteiger partial charge in [-0.05, 0) is 17.2 Å². The lowest BCUT2D eigenvalue weighted by atomic mass is 9.99. The predicted molar refractivity (Wildman–Crippen MR) is 66.4 cm³/mol. The molecule has 0 aliphatic carbocycles. The van der Waals surface area contributed by atoms with Crippen LogP contribution < -0.4 is 5.48 Å². The molecule has 0 aromatic heterocycles. The number of rotatable bonds is 3. The molecule has 1 N–H and O–H groups in total. The molecule has 0 heterocycles. The molecule has 0 aliphatic rings. The van der Waals surface area contributed by atoms with Crippen LogP contribution in [0, 0.1) is 0 Å². The van der Waals surface area contributed by atoms with E-state index in [0.717, 1.165) is 11.1 Å². The van der Waals surface area contributed by atoms with Crippen molar-refractivity contribution in [3.63, 3.8) is 0 Å². The minimum absolute atomic E-state index is 0.244. The Balaban J connectivity index is 2.45. The molecule has 0 saturated heterocycles. The third kappa shape index (κ3) is 2.52. The van der Waals surface area contributed by atoms with Crippen molar-refractivity contribution >= 4 is 5.91 Å². The number of carbonyl (C=O) groups excluding carboxylic acids is 1. The summed E-state index contributed by atoms with van der Waals surface area (Å²) in [5.41, 5.74) is 4.83. The smallest absolute Gasteiger partial charge is 0.275 e. The Bertz CT molecular complexity index is 509. The van der Waals surface area contributed by atoms with Gasteiger partial charge in [-0.3, -0.25) is 9.63 Å². The van der Waals surface area contributed by atoms with E-state index in [1.54, 1.807) is 6.07 Å². The second-order valence-corrected chi connectivity index (χ2v) is 3.55. The first kappa shape index (κ1) is 11.4. The Kier molecular flexibility index (Phi) is 3.52. The molecule has 0 spiro atoms. The van der Waals surface area contributed by atoms with Gasteiger partial charge in [0.05, 0.1) is 7.11 Å². The third-order valence-corrected chi connectivity index (χ3v) is 2.45. The molecule has 0 fully saturated rings. The number of benzene rings is 2. The highest BCUT2D eigenvalue weighted by atomic mass is 16.6. The maximum Gasteiger partial charge on any atom is 0.275 e. The second-order valence-electron chi connectivity index (χ2n) is 3.55. The van der Waals surface area contributed by atoms with Gasteiger partial charge in [-0.25, -0.2) is 5.48 Å². The van der Waals surface area contributed by atoms with Crippen LogP contribution in [-0.2, 0) is 4.84 Å². The zero-order valence-electron chi connectivity index (χ0n) is 9.51. The van der Waals surface area contributed by atoms with E-state index < -0.39 is 0 Å². The van der Waals surface area contributed by atoms with Crippen molar-refractivity contribution in [2.24, 2.45) is 0 Å². The van der Waals surface area contributed by atoms with Crippen molar-refractivity contribution in [1.82, 2.24) is 5.48 Å². The van der Waals surface area contributed by atoms with Gasteiger partial charge < -0.3 is 0 Å². The molecule has 0 unspecified atom stereocenters. The number of hydrogen-bond donors (Lipinski definition) is 1. The van der Waals surface area contributed by atoms with E-state index in [-0.39, 0.29) is 5.91 Å². The van der Waals surface area contributed by atoms with Gasteiger partial charge in [-0.1, -0.05) is 48.5 Å². The Labute approximate surface area is 100.0 Å². The maximum absolute atomic E-state index is 11.8. The summed E-state index contributed by atoms with van der Waals surface area (Å²) >= 11 is 0. The lowest BCUT2D eigenvalue weighted by Gasteiger charge is -2.08. The summed E-state index contributed by atoms with van der Waals surface area (Å²) in [6.45, 7) is 0. The van der Waals surface area contributed by atoms with Crippen molar-refractivity contribution in [3.05, 3.63) is 60.2 Å². The van der Waals surface area contributed by atoms with E-state index in [0.29, 0.717) is 5.56 Å². The average Bonchev–Trinajstić information content (AvgIpc) is 2.40. The van der Waals surface area contributed by atoms with E-state index in [1.165, 1.54) is 7.11 Å². The van der Waals surface area contributed by atoms with Crippen LogP contribution in [0.2, 0.25) is 0 Å². The van der Waals surface area contributed by atoms with Gasteiger partial charge in [0.1, 0.15) is 0 Å². The van der Waals surface area contributed by atoms with Crippen LogP contribution in [0.5, 0.6) is 0 Å². The first-order valence-electron chi connectivity index (χ1n) is 5.30. The minimum Gasteiger partial charge on any atom is -0.277 e. The normalized spacial score (nSPS) is 9.94. The first-order chi connectivity index (χ1) is 8.33. The van der Waals surface area contributed by atoms with E-state index in [9.17, 15) is 4.79 Å². The van der Waals surface area contributed by atoms with Crippen LogP contribution >= 0.6 is 0 Å².